The molecule has 0 atom stereocenters. The zero-order valence-corrected chi connectivity index (χ0v) is 11.4. The molecule has 0 bridgehead atoms. The summed E-state index contributed by atoms with van der Waals surface area (Å²) in [7, 11) is 1.54. The van der Waals surface area contributed by atoms with Gasteiger partial charge in [-0.25, -0.2) is 9.97 Å². The second-order valence-corrected chi connectivity index (χ2v) is 4.80. The molecule has 0 N–H and O–H groups in total. The minimum Gasteiger partial charge on any atom is -0.301 e. The summed E-state index contributed by atoms with van der Waals surface area (Å²) in [5, 5.41) is 0. The number of pyridine rings is 1. The maximum atomic E-state index is 12.8. The Kier molecular flexibility index (Phi) is 3.20. The minimum absolute atomic E-state index is 0.125. The third-order valence-electron chi connectivity index (χ3n) is 3.25. The molecular weight excluding hydrogens is 295 g/mol. The summed E-state index contributed by atoms with van der Waals surface area (Å²) < 4.78 is 39.6. The summed E-state index contributed by atoms with van der Waals surface area (Å²) in [5.74, 6) is 0. The molecule has 7 heteroatoms. The fourth-order valence-corrected chi connectivity index (χ4v) is 2.10. The fraction of sp³-hybridized carbons (Fsp3) is 0.133. The van der Waals surface area contributed by atoms with Crippen LogP contribution in [-0.2, 0) is 13.2 Å². The molecule has 0 unspecified atom stereocenters. The van der Waals surface area contributed by atoms with Gasteiger partial charge in [0.05, 0.1) is 23.1 Å². The first-order valence-electron chi connectivity index (χ1n) is 6.36. The number of aromatic nitrogens is 3. The van der Waals surface area contributed by atoms with Crippen molar-refractivity contribution in [2.24, 2.45) is 7.05 Å². The van der Waals surface area contributed by atoms with Crippen molar-refractivity contribution in [3.05, 3.63) is 58.6 Å². The van der Waals surface area contributed by atoms with E-state index < -0.39 is 11.7 Å². The van der Waals surface area contributed by atoms with Crippen LogP contribution in [0, 0.1) is 0 Å². The van der Waals surface area contributed by atoms with Gasteiger partial charge in [0.2, 0.25) is 0 Å². The standard InChI is InChI=1S/C15H10F3N3O/c1-21-8-19-12-6-5-11(20-13(12)14(21)22)9-3-2-4-10(7-9)15(16,17)18/h2-8H,1H3. The molecule has 0 aliphatic heterocycles. The van der Waals surface area contributed by atoms with E-state index in [1.54, 1.807) is 12.1 Å². The molecule has 112 valence electrons. The molecule has 4 nitrogen and oxygen atoms in total. The second kappa shape index (κ2) is 4.94. The molecule has 0 aliphatic carbocycles. The van der Waals surface area contributed by atoms with E-state index in [0.717, 1.165) is 12.1 Å². The van der Waals surface area contributed by atoms with Crippen molar-refractivity contribution in [1.82, 2.24) is 14.5 Å². The van der Waals surface area contributed by atoms with Gasteiger partial charge in [0.15, 0.2) is 5.52 Å². The van der Waals surface area contributed by atoms with Crippen LogP contribution in [-0.4, -0.2) is 14.5 Å². The lowest BCUT2D eigenvalue weighted by Crippen LogP contribution is -2.18. The summed E-state index contributed by atoms with van der Waals surface area (Å²) >= 11 is 0. The van der Waals surface area contributed by atoms with Crippen LogP contribution in [0.5, 0.6) is 0 Å². The van der Waals surface area contributed by atoms with E-state index in [2.05, 4.69) is 9.97 Å². The van der Waals surface area contributed by atoms with Gasteiger partial charge in [-0.3, -0.25) is 4.79 Å². The number of fused-ring (bicyclic) bond motifs is 1. The van der Waals surface area contributed by atoms with Gasteiger partial charge in [-0.1, -0.05) is 12.1 Å². The molecule has 22 heavy (non-hydrogen) atoms. The van der Waals surface area contributed by atoms with Crippen molar-refractivity contribution >= 4 is 11.0 Å². The Hall–Kier alpha value is -2.70. The smallest absolute Gasteiger partial charge is 0.301 e. The minimum atomic E-state index is -4.43. The number of rotatable bonds is 1. The molecule has 2 heterocycles. The molecule has 0 spiro atoms. The lowest BCUT2D eigenvalue weighted by molar-refractivity contribution is -0.137. The number of alkyl halides is 3. The third kappa shape index (κ3) is 2.45. The highest BCUT2D eigenvalue weighted by molar-refractivity contribution is 5.77. The third-order valence-corrected chi connectivity index (χ3v) is 3.25. The van der Waals surface area contributed by atoms with E-state index in [0.29, 0.717) is 16.8 Å². The zero-order chi connectivity index (χ0) is 15.9. The predicted octanol–water partition coefficient (Wildman–Crippen LogP) is 3.01. The molecule has 0 saturated heterocycles. The first kappa shape index (κ1) is 14.2. The van der Waals surface area contributed by atoms with Gasteiger partial charge in [0.25, 0.3) is 5.56 Å². The summed E-state index contributed by atoms with van der Waals surface area (Å²) in [6.45, 7) is 0. The quantitative estimate of drug-likeness (QED) is 0.694. The number of hydrogen-bond acceptors (Lipinski definition) is 3. The molecular formula is C15H10F3N3O. The molecule has 0 aliphatic rings. The van der Waals surface area contributed by atoms with Crippen LogP contribution < -0.4 is 5.56 Å². The van der Waals surface area contributed by atoms with Crippen LogP contribution in [0.15, 0.2) is 47.5 Å². The monoisotopic (exact) mass is 305 g/mol. The first-order valence-corrected chi connectivity index (χ1v) is 6.36. The Morgan fingerprint density at radius 2 is 1.91 bits per heavy atom. The predicted molar refractivity (Wildman–Crippen MR) is 75.2 cm³/mol. The van der Waals surface area contributed by atoms with Crippen LogP contribution in [0.2, 0.25) is 0 Å². The van der Waals surface area contributed by atoms with Gasteiger partial charge in [0.1, 0.15) is 0 Å². The van der Waals surface area contributed by atoms with E-state index in [1.165, 1.54) is 30.1 Å². The van der Waals surface area contributed by atoms with E-state index in [9.17, 15) is 18.0 Å². The Labute approximate surface area is 122 Å². The molecule has 1 aromatic carbocycles. The number of nitrogens with zero attached hydrogens (tertiary/aromatic N) is 3. The summed E-state index contributed by atoms with van der Waals surface area (Å²) in [4.78, 5) is 20.2. The lowest BCUT2D eigenvalue weighted by atomic mass is 10.1. The van der Waals surface area contributed by atoms with E-state index >= 15 is 0 Å². The van der Waals surface area contributed by atoms with Gasteiger partial charge in [-0.05, 0) is 24.3 Å². The van der Waals surface area contributed by atoms with Gasteiger partial charge >= 0.3 is 6.18 Å². The molecule has 3 aromatic rings. The van der Waals surface area contributed by atoms with Crippen LogP contribution >= 0.6 is 0 Å². The maximum Gasteiger partial charge on any atom is 0.416 e. The number of aryl methyl sites for hydroxylation is 1. The van der Waals surface area contributed by atoms with Crippen molar-refractivity contribution in [2.45, 2.75) is 6.18 Å². The van der Waals surface area contributed by atoms with Gasteiger partial charge in [-0.2, -0.15) is 13.2 Å². The van der Waals surface area contributed by atoms with Gasteiger partial charge in [-0.15, -0.1) is 0 Å². The van der Waals surface area contributed by atoms with Crippen molar-refractivity contribution in [3.63, 3.8) is 0 Å². The average Bonchev–Trinajstić information content (AvgIpc) is 2.50. The molecule has 0 radical (unpaired) electrons. The van der Waals surface area contributed by atoms with E-state index in [-0.39, 0.29) is 11.1 Å². The molecule has 0 fully saturated rings. The van der Waals surface area contributed by atoms with Crippen LogP contribution in [0.3, 0.4) is 0 Å². The van der Waals surface area contributed by atoms with E-state index in [1.807, 2.05) is 0 Å². The van der Waals surface area contributed by atoms with Crippen LogP contribution in [0.4, 0.5) is 13.2 Å². The molecule has 3 rings (SSSR count). The zero-order valence-electron chi connectivity index (χ0n) is 11.4. The number of halogens is 3. The Bertz CT molecular complexity index is 916. The Balaban J connectivity index is 2.19. The van der Waals surface area contributed by atoms with Gasteiger partial charge in [0, 0.05) is 12.6 Å². The van der Waals surface area contributed by atoms with Gasteiger partial charge < -0.3 is 4.57 Å². The highest BCUT2D eigenvalue weighted by atomic mass is 19.4. The highest BCUT2D eigenvalue weighted by Crippen LogP contribution is 2.31. The fourth-order valence-electron chi connectivity index (χ4n) is 2.10. The molecule has 2 aromatic heterocycles. The topological polar surface area (TPSA) is 47.8 Å². The normalized spacial score (nSPS) is 11.8. The Morgan fingerprint density at radius 3 is 2.64 bits per heavy atom. The Morgan fingerprint density at radius 1 is 1.14 bits per heavy atom. The molecule has 0 saturated carbocycles. The van der Waals surface area contributed by atoms with Crippen molar-refractivity contribution < 1.29 is 13.2 Å². The first-order chi connectivity index (χ1) is 10.4. The van der Waals surface area contributed by atoms with E-state index in [4.69, 9.17) is 0 Å². The van der Waals surface area contributed by atoms with Crippen LogP contribution in [0.25, 0.3) is 22.3 Å². The van der Waals surface area contributed by atoms with Crippen molar-refractivity contribution in [3.8, 4) is 11.3 Å². The van der Waals surface area contributed by atoms with Crippen molar-refractivity contribution in [2.75, 3.05) is 0 Å². The largest absolute Gasteiger partial charge is 0.416 e. The lowest BCUT2D eigenvalue weighted by Gasteiger charge is -2.09. The van der Waals surface area contributed by atoms with Crippen molar-refractivity contribution in [1.29, 1.82) is 0 Å². The number of benzene rings is 1. The summed E-state index contributed by atoms with van der Waals surface area (Å²) in [6, 6.07) is 7.94. The summed E-state index contributed by atoms with van der Waals surface area (Å²) in [6.07, 6.45) is -3.05. The maximum absolute atomic E-state index is 12.8. The second-order valence-electron chi connectivity index (χ2n) is 4.80. The SMILES string of the molecule is Cn1cnc2ccc(-c3cccc(C(F)(F)F)c3)nc2c1=O. The average molecular weight is 305 g/mol. The number of hydrogen-bond donors (Lipinski definition) is 0. The highest BCUT2D eigenvalue weighted by Gasteiger charge is 2.30. The molecule has 0 amide bonds. The van der Waals surface area contributed by atoms with Crippen LogP contribution in [0.1, 0.15) is 5.56 Å². The summed E-state index contributed by atoms with van der Waals surface area (Å²) in [5.41, 5.74) is 0.00915.